The lowest BCUT2D eigenvalue weighted by Crippen LogP contribution is -2.26. The van der Waals surface area contributed by atoms with E-state index in [0.717, 1.165) is 24.8 Å². The Bertz CT molecular complexity index is 1440. The van der Waals surface area contributed by atoms with Crippen molar-refractivity contribution < 1.29 is 24.3 Å². The van der Waals surface area contributed by atoms with Crippen molar-refractivity contribution in [3.05, 3.63) is 112 Å². The minimum Gasteiger partial charge on any atom is -0.481 e. The fourth-order valence-electron chi connectivity index (χ4n) is 4.68. The number of hydrogen-bond acceptors (Lipinski definition) is 4. The Balaban J connectivity index is 1.64. The molecule has 0 unspecified atom stereocenters. The summed E-state index contributed by atoms with van der Waals surface area (Å²) in [6, 6.07) is 19.6. The number of rotatable bonds is 9. The Hall–Kier alpha value is -4.32. The SMILES string of the molecule is CC(C)(C)c1ccc(C(=O)C=C(C(=O)c2ccc(C(=O)NCCC(=O)O)cc2)c2ccc3c(c2)CCC3)cc1. The molecule has 200 valence electrons. The summed E-state index contributed by atoms with van der Waals surface area (Å²) in [5.41, 5.74) is 5.70. The van der Waals surface area contributed by atoms with Crippen molar-refractivity contribution in [3.63, 3.8) is 0 Å². The molecule has 0 saturated heterocycles. The highest BCUT2D eigenvalue weighted by Gasteiger charge is 2.21. The normalized spacial score (nSPS) is 13.1. The molecule has 3 aromatic carbocycles. The number of ketones is 2. The molecule has 0 radical (unpaired) electrons. The van der Waals surface area contributed by atoms with Gasteiger partial charge < -0.3 is 10.4 Å². The molecule has 6 nitrogen and oxygen atoms in total. The van der Waals surface area contributed by atoms with Crippen LogP contribution in [0.1, 0.15) is 86.9 Å². The number of amides is 1. The van der Waals surface area contributed by atoms with Gasteiger partial charge in [-0.25, -0.2) is 0 Å². The number of aliphatic carboxylic acids is 1. The molecule has 6 heteroatoms. The molecular formula is C33H33NO5. The first kappa shape index (κ1) is 27.7. The van der Waals surface area contributed by atoms with Crippen LogP contribution in [0.5, 0.6) is 0 Å². The number of aryl methyl sites for hydroxylation is 2. The first-order valence-electron chi connectivity index (χ1n) is 13.2. The van der Waals surface area contributed by atoms with Crippen molar-refractivity contribution in [2.24, 2.45) is 0 Å². The number of hydrogen-bond donors (Lipinski definition) is 2. The van der Waals surface area contributed by atoms with E-state index in [1.807, 2.05) is 30.3 Å². The summed E-state index contributed by atoms with van der Waals surface area (Å²) in [4.78, 5) is 50.1. The summed E-state index contributed by atoms with van der Waals surface area (Å²) in [6.45, 7) is 6.34. The van der Waals surface area contributed by atoms with Crippen molar-refractivity contribution in [2.75, 3.05) is 6.54 Å². The van der Waals surface area contributed by atoms with E-state index in [-0.39, 0.29) is 29.9 Å². The Morgan fingerprint density at radius 1 is 0.795 bits per heavy atom. The van der Waals surface area contributed by atoms with E-state index in [9.17, 15) is 19.2 Å². The fourth-order valence-corrected chi connectivity index (χ4v) is 4.68. The molecule has 1 aliphatic rings. The van der Waals surface area contributed by atoms with Crippen molar-refractivity contribution in [1.82, 2.24) is 5.32 Å². The number of nitrogens with one attached hydrogen (secondary N) is 1. The van der Waals surface area contributed by atoms with E-state index in [0.29, 0.717) is 27.8 Å². The van der Waals surface area contributed by atoms with Crippen LogP contribution in [0.15, 0.2) is 72.8 Å². The maximum atomic E-state index is 13.7. The summed E-state index contributed by atoms with van der Waals surface area (Å²) in [5, 5.41) is 11.3. The molecule has 4 rings (SSSR count). The summed E-state index contributed by atoms with van der Waals surface area (Å²) in [7, 11) is 0. The Labute approximate surface area is 228 Å². The molecule has 1 aliphatic carbocycles. The van der Waals surface area contributed by atoms with Crippen LogP contribution in [0.2, 0.25) is 0 Å². The molecule has 0 fully saturated rings. The Morgan fingerprint density at radius 2 is 1.38 bits per heavy atom. The van der Waals surface area contributed by atoms with Gasteiger partial charge in [0.1, 0.15) is 0 Å². The minimum absolute atomic E-state index is 0.0128. The molecule has 0 aromatic heterocycles. The summed E-state index contributed by atoms with van der Waals surface area (Å²) < 4.78 is 0. The monoisotopic (exact) mass is 523 g/mol. The average Bonchev–Trinajstić information content (AvgIpc) is 3.38. The first-order valence-corrected chi connectivity index (χ1v) is 13.2. The van der Waals surface area contributed by atoms with Gasteiger partial charge in [-0.05, 0) is 65.1 Å². The van der Waals surface area contributed by atoms with Crippen LogP contribution in [0.4, 0.5) is 0 Å². The standard InChI is InChI=1S/C33H33NO5/c1-33(2,3)27-15-13-22(14-16-27)29(35)20-28(26-12-7-21-5-4-6-25(21)19-26)31(38)23-8-10-24(11-9-23)32(39)34-18-17-30(36)37/h7-16,19-20H,4-6,17-18H2,1-3H3,(H,34,39)(H,36,37). The number of carbonyl (C=O) groups is 4. The van der Waals surface area contributed by atoms with Gasteiger partial charge in [0.2, 0.25) is 0 Å². The molecular weight excluding hydrogens is 490 g/mol. The van der Waals surface area contributed by atoms with E-state index < -0.39 is 11.9 Å². The third-order valence-corrected chi connectivity index (χ3v) is 7.00. The molecule has 0 aliphatic heterocycles. The fraction of sp³-hybridized carbons (Fsp3) is 0.273. The van der Waals surface area contributed by atoms with Crippen molar-refractivity contribution in [3.8, 4) is 0 Å². The molecule has 0 saturated carbocycles. The second-order valence-electron chi connectivity index (χ2n) is 10.9. The lowest BCUT2D eigenvalue weighted by molar-refractivity contribution is -0.136. The van der Waals surface area contributed by atoms with Crippen LogP contribution in [-0.2, 0) is 23.1 Å². The number of allylic oxidation sites excluding steroid dienone is 2. The van der Waals surface area contributed by atoms with E-state index in [2.05, 4.69) is 26.1 Å². The van der Waals surface area contributed by atoms with Gasteiger partial charge in [-0.3, -0.25) is 19.2 Å². The highest BCUT2D eigenvalue weighted by molar-refractivity contribution is 6.32. The third kappa shape index (κ3) is 6.77. The van der Waals surface area contributed by atoms with Crippen molar-refractivity contribution in [2.45, 2.75) is 51.9 Å². The molecule has 0 spiro atoms. The van der Waals surface area contributed by atoms with Gasteiger partial charge in [-0.2, -0.15) is 0 Å². The quantitative estimate of drug-likeness (QED) is 0.272. The molecule has 0 atom stereocenters. The Morgan fingerprint density at radius 3 is 2.03 bits per heavy atom. The number of benzene rings is 3. The van der Waals surface area contributed by atoms with Gasteiger partial charge in [-0.15, -0.1) is 0 Å². The summed E-state index contributed by atoms with van der Waals surface area (Å²) in [5.74, 6) is -1.99. The van der Waals surface area contributed by atoms with E-state index in [1.165, 1.54) is 29.3 Å². The van der Waals surface area contributed by atoms with Gasteiger partial charge in [0, 0.05) is 28.8 Å². The lowest BCUT2D eigenvalue weighted by atomic mass is 9.86. The zero-order valence-electron chi connectivity index (χ0n) is 22.5. The highest BCUT2D eigenvalue weighted by atomic mass is 16.4. The molecule has 1 amide bonds. The molecule has 39 heavy (non-hydrogen) atoms. The first-order chi connectivity index (χ1) is 18.5. The minimum atomic E-state index is -0.998. The average molecular weight is 524 g/mol. The second-order valence-corrected chi connectivity index (χ2v) is 10.9. The van der Waals surface area contributed by atoms with Crippen LogP contribution < -0.4 is 5.32 Å². The van der Waals surface area contributed by atoms with E-state index >= 15 is 0 Å². The number of carbonyl (C=O) groups excluding carboxylic acids is 3. The van der Waals surface area contributed by atoms with Gasteiger partial charge >= 0.3 is 5.97 Å². The van der Waals surface area contributed by atoms with Crippen molar-refractivity contribution in [1.29, 1.82) is 0 Å². The van der Waals surface area contributed by atoms with Gasteiger partial charge in [0.25, 0.3) is 5.91 Å². The van der Waals surface area contributed by atoms with Crippen molar-refractivity contribution >= 4 is 29.0 Å². The topological polar surface area (TPSA) is 101 Å². The van der Waals surface area contributed by atoms with Crippen LogP contribution >= 0.6 is 0 Å². The van der Waals surface area contributed by atoms with Gasteiger partial charge in [0.15, 0.2) is 11.6 Å². The predicted molar refractivity (Wildman–Crippen MR) is 151 cm³/mol. The third-order valence-electron chi connectivity index (χ3n) is 7.00. The zero-order valence-corrected chi connectivity index (χ0v) is 22.5. The molecule has 2 N–H and O–H groups in total. The van der Waals surface area contributed by atoms with Gasteiger partial charge in [-0.1, -0.05) is 75.4 Å². The van der Waals surface area contributed by atoms with Gasteiger partial charge in [0.05, 0.1) is 6.42 Å². The number of carboxylic acid groups (broad SMARTS) is 1. The zero-order chi connectivity index (χ0) is 28.2. The maximum absolute atomic E-state index is 13.7. The van der Waals surface area contributed by atoms with Crippen LogP contribution in [-0.4, -0.2) is 35.1 Å². The second kappa shape index (κ2) is 11.6. The predicted octanol–water partition coefficient (Wildman–Crippen LogP) is 5.83. The smallest absolute Gasteiger partial charge is 0.305 e. The summed E-state index contributed by atoms with van der Waals surface area (Å²) >= 11 is 0. The number of Topliss-reactive ketones (excluding diaryl/α,β-unsaturated/α-hetero) is 1. The van der Waals surface area contributed by atoms with Crippen LogP contribution in [0, 0.1) is 0 Å². The van der Waals surface area contributed by atoms with E-state index in [4.69, 9.17) is 5.11 Å². The molecule has 3 aromatic rings. The number of carboxylic acids is 1. The molecule has 0 bridgehead atoms. The largest absolute Gasteiger partial charge is 0.481 e. The molecule has 0 heterocycles. The lowest BCUT2D eigenvalue weighted by Gasteiger charge is -2.18. The Kier molecular flexibility index (Phi) is 8.24. The van der Waals surface area contributed by atoms with Crippen LogP contribution in [0.3, 0.4) is 0 Å². The number of fused-ring (bicyclic) bond motifs is 1. The summed E-state index contributed by atoms with van der Waals surface area (Å²) in [6.07, 6.45) is 4.26. The maximum Gasteiger partial charge on any atom is 0.305 e. The van der Waals surface area contributed by atoms with E-state index in [1.54, 1.807) is 24.3 Å². The van der Waals surface area contributed by atoms with Crippen LogP contribution in [0.25, 0.3) is 5.57 Å². The highest BCUT2D eigenvalue weighted by Crippen LogP contribution is 2.29.